The van der Waals surface area contributed by atoms with Crippen molar-refractivity contribution in [1.82, 2.24) is 20.3 Å². The molecule has 14 heteroatoms. The summed E-state index contributed by atoms with van der Waals surface area (Å²) in [7, 11) is -3.24. The Bertz CT molecular complexity index is 1780. The first-order valence-electron chi connectivity index (χ1n) is 12.1. The van der Waals surface area contributed by atoms with Crippen molar-refractivity contribution in [3.8, 4) is 17.1 Å². The van der Waals surface area contributed by atoms with E-state index >= 15 is 0 Å². The summed E-state index contributed by atoms with van der Waals surface area (Å²) in [6.45, 7) is -0.595. The Morgan fingerprint density at radius 3 is 2.68 bits per heavy atom. The van der Waals surface area contributed by atoms with Crippen LogP contribution < -0.4 is 10.1 Å². The van der Waals surface area contributed by atoms with Gasteiger partial charge in [0.15, 0.2) is 0 Å². The molecule has 4 heterocycles. The summed E-state index contributed by atoms with van der Waals surface area (Å²) in [6.07, 6.45) is 1.51. The van der Waals surface area contributed by atoms with E-state index < -0.39 is 56.8 Å². The number of rotatable bonds is 6. The number of hydrogen-bond acceptors (Lipinski definition) is 8. The number of halogens is 4. The SMILES string of the molecule is COc1nc(C(C)(F)F)ccc1-c1ccc2cnc(CNC(=O)c3cc(F)c4c(c3)S(=O)(=O)[C@@H](F)COC4)cc2n1. The largest absolute Gasteiger partial charge is 0.480 e. The van der Waals surface area contributed by atoms with Crippen molar-refractivity contribution in [3.05, 3.63) is 77.0 Å². The van der Waals surface area contributed by atoms with Gasteiger partial charge in [-0.2, -0.15) is 8.78 Å². The molecule has 0 saturated carbocycles. The summed E-state index contributed by atoms with van der Waals surface area (Å²) >= 11 is 0. The summed E-state index contributed by atoms with van der Waals surface area (Å²) in [6, 6.07) is 9.36. The maximum absolute atomic E-state index is 14.7. The Hall–Kier alpha value is -4.17. The smallest absolute Gasteiger partial charge is 0.287 e. The molecule has 9 nitrogen and oxygen atoms in total. The fraction of sp³-hybridized carbons (Fsp3) is 0.259. The van der Waals surface area contributed by atoms with Crippen LogP contribution in [-0.2, 0) is 33.6 Å². The van der Waals surface area contributed by atoms with E-state index in [1.807, 2.05) is 0 Å². The second-order valence-corrected chi connectivity index (χ2v) is 11.3. The highest BCUT2D eigenvalue weighted by atomic mass is 32.2. The molecule has 0 aliphatic carbocycles. The van der Waals surface area contributed by atoms with E-state index in [0.29, 0.717) is 27.9 Å². The molecule has 1 aromatic carbocycles. The van der Waals surface area contributed by atoms with Crippen LogP contribution in [0.3, 0.4) is 0 Å². The zero-order chi connectivity index (χ0) is 29.5. The summed E-state index contributed by atoms with van der Waals surface area (Å²) in [5.74, 6) is -5.00. The van der Waals surface area contributed by atoms with E-state index in [4.69, 9.17) is 9.47 Å². The molecule has 0 fully saturated rings. The maximum atomic E-state index is 14.7. The number of carbonyl (C=O) groups is 1. The summed E-state index contributed by atoms with van der Waals surface area (Å²) in [5.41, 5.74) is -1.90. The minimum atomic E-state index is -4.55. The lowest BCUT2D eigenvalue weighted by Crippen LogP contribution is -2.25. The molecular weight excluding hydrogens is 568 g/mol. The van der Waals surface area contributed by atoms with Crippen molar-refractivity contribution < 1.29 is 40.2 Å². The van der Waals surface area contributed by atoms with Gasteiger partial charge in [0.2, 0.25) is 21.2 Å². The van der Waals surface area contributed by atoms with Crippen molar-refractivity contribution in [3.63, 3.8) is 0 Å². The predicted molar refractivity (Wildman–Crippen MR) is 138 cm³/mol. The van der Waals surface area contributed by atoms with E-state index in [9.17, 15) is 30.8 Å². The second-order valence-electron chi connectivity index (χ2n) is 9.29. The number of pyridine rings is 3. The number of aromatic nitrogens is 3. The summed E-state index contributed by atoms with van der Waals surface area (Å²) < 4.78 is 91.3. The molecule has 4 aromatic rings. The number of fused-ring (bicyclic) bond motifs is 2. The van der Waals surface area contributed by atoms with Crippen LogP contribution in [0.4, 0.5) is 17.6 Å². The van der Waals surface area contributed by atoms with Gasteiger partial charge in [0.25, 0.3) is 11.8 Å². The molecule has 214 valence electrons. The average Bonchev–Trinajstić information content (AvgIpc) is 3.05. The van der Waals surface area contributed by atoms with Crippen molar-refractivity contribution in [2.24, 2.45) is 0 Å². The normalized spacial score (nSPS) is 16.6. The molecule has 41 heavy (non-hydrogen) atoms. The molecule has 1 atom stereocenters. The molecule has 3 aromatic heterocycles. The zero-order valence-electron chi connectivity index (χ0n) is 21.6. The third kappa shape index (κ3) is 5.57. The van der Waals surface area contributed by atoms with Crippen LogP contribution in [0.5, 0.6) is 5.88 Å². The standard InChI is InChI=1S/C27H22F4N4O5S/c1-27(30,31)23-6-4-17(26(35-23)39-2)20-5-3-14-10-32-16(9-21(14)34-20)11-33-25(36)15-7-19(28)18-12-40-13-24(29)41(37,38)22(18)8-15/h3-10,24H,11-13H2,1-2H3,(H,33,36)/t24-/m1/s1. The third-order valence-corrected chi connectivity index (χ3v) is 8.18. The van der Waals surface area contributed by atoms with Gasteiger partial charge < -0.3 is 14.8 Å². The monoisotopic (exact) mass is 590 g/mol. The van der Waals surface area contributed by atoms with E-state index in [1.165, 1.54) is 25.4 Å². The predicted octanol–water partition coefficient (Wildman–Crippen LogP) is 4.48. The number of amides is 1. The zero-order valence-corrected chi connectivity index (χ0v) is 22.4. The lowest BCUT2D eigenvalue weighted by atomic mass is 10.1. The van der Waals surface area contributed by atoms with Crippen LogP contribution in [0.15, 0.2) is 53.6 Å². The van der Waals surface area contributed by atoms with Crippen LogP contribution in [-0.4, -0.2) is 48.5 Å². The van der Waals surface area contributed by atoms with Gasteiger partial charge in [-0.1, -0.05) is 0 Å². The fourth-order valence-corrected chi connectivity index (χ4v) is 5.57. The van der Waals surface area contributed by atoms with Gasteiger partial charge >= 0.3 is 0 Å². The average molecular weight is 591 g/mol. The minimum Gasteiger partial charge on any atom is -0.480 e. The molecule has 1 aliphatic heterocycles. The number of methoxy groups -OCH3 is 1. The third-order valence-electron chi connectivity index (χ3n) is 6.39. The van der Waals surface area contributed by atoms with E-state index in [1.54, 1.807) is 18.2 Å². The van der Waals surface area contributed by atoms with Gasteiger partial charge in [0.05, 0.1) is 54.2 Å². The van der Waals surface area contributed by atoms with Crippen LogP contribution in [0, 0.1) is 5.82 Å². The topological polar surface area (TPSA) is 120 Å². The number of nitrogens with one attached hydrogen (secondary N) is 1. The van der Waals surface area contributed by atoms with Crippen molar-refractivity contribution in [2.75, 3.05) is 13.7 Å². The van der Waals surface area contributed by atoms with Crippen molar-refractivity contribution >= 4 is 26.6 Å². The van der Waals surface area contributed by atoms with Gasteiger partial charge in [0.1, 0.15) is 11.5 Å². The molecule has 1 N–H and O–H groups in total. The highest BCUT2D eigenvalue weighted by Gasteiger charge is 2.35. The number of ether oxygens (including phenoxy) is 2. The Morgan fingerprint density at radius 1 is 1.17 bits per heavy atom. The van der Waals surface area contributed by atoms with Crippen molar-refractivity contribution in [1.29, 1.82) is 0 Å². The Morgan fingerprint density at radius 2 is 1.95 bits per heavy atom. The quantitative estimate of drug-likeness (QED) is 0.327. The first-order valence-corrected chi connectivity index (χ1v) is 13.7. The Balaban J connectivity index is 1.39. The molecule has 0 unspecified atom stereocenters. The minimum absolute atomic E-state index is 0.0296. The lowest BCUT2D eigenvalue weighted by Gasteiger charge is -2.13. The first-order chi connectivity index (χ1) is 19.4. The molecule has 5 rings (SSSR count). The fourth-order valence-electron chi connectivity index (χ4n) is 4.23. The van der Waals surface area contributed by atoms with Gasteiger partial charge in [-0.3, -0.25) is 9.78 Å². The maximum Gasteiger partial charge on any atom is 0.287 e. The number of nitrogens with zero attached hydrogens (tertiary/aromatic N) is 3. The van der Waals surface area contributed by atoms with Crippen LogP contribution >= 0.6 is 0 Å². The Labute approximate surface area is 231 Å². The Kier molecular flexibility index (Phi) is 7.38. The number of sulfone groups is 1. The number of alkyl halides is 3. The van der Waals surface area contributed by atoms with E-state index in [2.05, 4.69) is 20.3 Å². The highest BCUT2D eigenvalue weighted by Crippen LogP contribution is 2.33. The number of benzene rings is 1. The molecule has 0 spiro atoms. The van der Waals surface area contributed by atoms with E-state index in [-0.39, 0.29) is 23.6 Å². The van der Waals surface area contributed by atoms with Gasteiger partial charge in [-0.05, 0) is 42.5 Å². The second kappa shape index (κ2) is 10.7. The summed E-state index contributed by atoms with van der Waals surface area (Å²) in [5, 5.41) is 3.18. The lowest BCUT2D eigenvalue weighted by molar-refractivity contribution is 0.0123. The van der Waals surface area contributed by atoms with Gasteiger partial charge in [-0.25, -0.2) is 27.2 Å². The first kappa shape index (κ1) is 28.4. The summed E-state index contributed by atoms with van der Waals surface area (Å²) in [4.78, 5) is 24.9. The molecule has 0 radical (unpaired) electrons. The number of carbonyl (C=O) groups excluding carboxylic acids is 1. The molecule has 0 bridgehead atoms. The number of hydrogen-bond donors (Lipinski definition) is 1. The van der Waals surface area contributed by atoms with E-state index in [0.717, 1.165) is 19.1 Å². The molecular formula is C27H22F4N4O5S. The molecule has 0 saturated heterocycles. The highest BCUT2D eigenvalue weighted by molar-refractivity contribution is 7.92. The van der Waals surface area contributed by atoms with Crippen LogP contribution in [0.2, 0.25) is 0 Å². The van der Waals surface area contributed by atoms with Crippen LogP contribution in [0.1, 0.15) is 34.2 Å². The van der Waals surface area contributed by atoms with Crippen molar-refractivity contribution in [2.45, 2.75) is 36.4 Å². The molecule has 1 amide bonds. The van der Waals surface area contributed by atoms with Gasteiger partial charge in [-0.15, -0.1) is 0 Å². The van der Waals surface area contributed by atoms with Crippen LogP contribution in [0.25, 0.3) is 22.2 Å². The van der Waals surface area contributed by atoms with Gasteiger partial charge in [0, 0.05) is 29.6 Å². The molecule has 1 aliphatic rings.